The second-order valence-corrected chi connectivity index (χ2v) is 6.41. The third-order valence-corrected chi connectivity index (χ3v) is 4.32. The van der Waals surface area contributed by atoms with Crippen LogP contribution in [0.1, 0.15) is 16.8 Å². The van der Waals surface area contributed by atoms with Crippen LogP contribution in [0.4, 0.5) is 11.4 Å². The van der Waals surface area contributed by atoms with Crippen LogP contribution >= 0.6 is 0 Å². The number of benzene rings is 2. The van der Waals surface area contributed by atoms with E-state index < -0.39 is 18.5 Å². The van der Waals surface area contributed by atoms with Gasteiger partial charge in [-0.1, -0.05) is 18.2 Å². The number of nitrogens with one attached hydrogen (secondary N) is 2. The largest absolute Gasteiger partial charge is 0.491 e. The van der Waals surface area contributed by atoms with Gasteiger partial charge in [0, 0.05) is 18.3 Å². The average Bonchev–Trinajstić information content (AvgIpc) is 2.91. The first-order valence-electron chi connectivity index (χ1n) is 9.27. The topological polar surface area (TPSA) is 114 Å². The number of para-hydroxylation sites is 2. The molecule has 0 aliphatic carbocycles. The highest BCUT2D eigenvalue weighted by atomic mass is 16.5. The van der Waals surface area contributed by atoms with Crippen LogP contribution in [0, 0.1) is 0 Å². The first-order valence-corrected chi connectivity index (χ1v) is 9.27. The molecule has 0 unspecified atom stereocenters. The number of nitrogens with zero attached hydrogens (tertiary/aromatic N) is 1. The van der Waals surface area contributed by atoms with Gasteiger partial charge in [-0.15, -0.1) is 0 Å². The molecule has 1 aliphatic heterocycles. The Labute approximate surface area is 172 Å². The van der Waals surface area contributed by atoms with Crippen molar-refractivity contribution in [1.82, 2.24) is 5.32 Å². The van der Waals surface area contributed by atoms with Crippen LogP contribution in [0.2, 0.25) is 0 Å². The molecule has 30 heavy (non-hydrogen) atoms. The van der Waals surface area contributed by atoms with Crippen LogP contribution in [0.25, 0.3) is 0 Å². The summed E-state index contributed by atoms with van der Waals surface area (Å²) in [6, 6.07) is 13.2. The summed E-state index contributed by atoms with van der Waals surface area (Å²) in [5.41, 5.74) is 1.26. The second-order valence-electron chi connectivity index (χ2n) is 6.41. The summed E-state index contributed by atoms with van der Waals surface area (Å²) in [6.07, 6.45) is 0.129. The van der Waals surface area contributed by atoms with Gasteiger partial charge in [0.2, 0.25) is 5.91 Å². The Morgan fingerprint density at radius 3 is 2.73 bits per heavy atom. The van der Waals surface area contributed by atoms with Gasteiger partial charge in [0.15, 0.2) is 6.61 Å². The molecule has 1 heterocycles. The van der Waals surface area contributed by atoms with Gasteiger partial charge in [-0.05, 0) is 30.3 Å². The van der Waals surface area contributed by atoms with E-state index in [1.165, 1.54) is 18.0 Å². The number of esters is 1. The number of anilines is 2. The minimum atomic E-state index is -0.727. The maximum absolute atomic E-state index is 12.3. The highest BCUT2D eigenvalue weighted by Gasteiger charge is 2.25. The lowest BCUT2D eigenvalue weighted by Gasteiger charge is -2.20. The number of hydrogen-bond donors (Lipinski definition) is 2. The van der Waals surface area contributed by atoms with E-state index in [4.69, 9.17) is 9.47 Å². The molecule has 0 saturated carbocycles. The SMILES string of the molecule is CNC(=O)c1cccc(NC(=O)COC(=O)CN2C(=O)CCOc3ccccc32)c1. The Morgan fingerprint density at radius 2 is 1.93 bits per heavy atom. The lowest BCUT2D eigenvalue weighted by Crippen LogP contribution is -2.37. The molecule has 1 aliphatic rings. The van der Waals surface area contributed by atoms with Gasteiger partial charge in [-0.25, -0.2) is 0 Å². The predicted octanol–water partition coefficient (Wildman–Crippen LogP) is 1.34. The summed E-state index contributed by atoms with van der Waals surface area (Å²) in [4.78, 5) is 49.6. The normalized spacial score (nSPS) is 12.8. The van der Waals surface area contributed by atoms with Crippen molar-refractivity contribution >= 4 is 35.1 Å². The van der Waals surface area contributed by atoms with Crippen molar-refractivity contribution in [3.8, 4) is 5.75 Å². The minimum Gasteiger partial charge on any atom is -0.491 e. The summed E-state index contributed by atoms with van der Waals surface area (Å²) in [6.45, 7) is -0.638. The Hall–Kier alpha value is -3.88. The summed E-state index contributed by atoms with van der Waals surface area (Å²) >= 11 is 0. The van der Waals surface area contributed by atoms with Gasteiger partial charge in [0.25, 0.3) is 11.8 Å². The highest BCUT2D eigenvalue weighted by Crippen LogP contribution is 2.30. The van der Waals surface area contributed by atoms with E-state index in [1.807, 2.05) is 0 Å². The monoisotopic (exact) mass is 411 g/mol. The number of rotatable bonds is 6. The van der Waals surface area contributed by atoms with Crippen LogP contribution in [0.3, 0.4) is 0 Å². The predicted molar refractivity (Wildman–Crippen MR) is 108 cm³/mol. The number of hydrogen-bond acceptors (Lipinski definition) is 6. The van der Waals surface area contributed by atoms with Crippen molar-refractivity contribution in [2.75, 3.05) is 37.0 Å². The first kappa shape index (κ1) is 20.8. The Morgan fingerprint density at radius 1 is 1.13 bits per heavy atom. The minimum absolute atomic E-state index is 0.129. The number of carbonyl (C=O) groups excluding carboxylic acids is 4. The molecule has 0 saturated heterocycles. The molecule has 156 valence electrons. The van der Waals surface area contributed by atoms with Gasteiger partial charge in [-0.3, -0.25) is 24.1 Å². The molecule has 3 rings (SSSR count). The summed E-state index contributed by atoms with van der Waals surface area (Å²) < 4.78 is 10.5. The molecule has 9 nitrogen and oxygen atoms in total. The van der Waals surface area contributed by atoms with Gasteiger partial charge in [0.05, 0.1) is 18.7 Å². The van der Waals surface area contributed by atoms with Crippen molar-refractivity contribution in [3.05, 3.63) is 54.1 Å². The zero-order valence-corrected chi connectivity index (χ0v) is 16.3. The fourth-order valence-electron chi connectivity index (χ4n) is 2.89. The van der Waals surface area contributed by atoms with Crippen LogP contribution in [0.15, 0.2) is 48.5 Å². The van der Waals surface area contributed by atoms with Crippen LogP contribution in [-0.2, 0) is 19.1 Å². The van der Waals surface area contributed by atoms with Crippen LogP contribution in [0.5, 0.6) is 5.75 Å². The van der Waals surface area contributed by atoms with Crippen LogP contribution < -0.4 is 20.3 Å². The van der Waals surface area contributed by atoms with Crippen molar-refractivity contribution < 1.29 is 28.7 Å². The van der Waals surface area contributed by atoms with Crippen molar-refractivity contribution in [3.63, 3.8) is 0 Å². The molecule has 2 aromatic rings. The molecule has 3 amide bonds. The summed E-state index contributed by atoms with van der Waals surface area (Å²) in [5, 5.41) is 5.05. The molecule has 0 spiro atoms. The Bertz CT molecular complexity index is 975. The fraction of sp³-hybridized carbons (Fsp3) is 0.238. The number of carbonyl (C=O) groups is 4. The lowest BCUT2D eigenvalue weighted by molar-refractivity contribution is -0.146. The molecule has 0 aromatic heterocycles. The molecule has 0 fully saturated rings. The number of ether oxygens (including phenoxy) is 2. The van der Waals surface area contributed by atoms with Crippen LogP contribution in [-0.4, -0.2) is 50.5 Å². The molecule has 9 heteroatoms. The fourth-order valence-corrected chi connectivity index (χ4v) is 2.89. The number of fused-ring (bicyclic) bond motifs is 1. The molecular formula is C21H21N3O6. The van der Waals surface area contributed by atoms with Gasteiger partial charge < -0.3 is 20.1 Å². The quantitative estimate of drug-likeness (QED) is 0.694. The maximum atomic E-state index is 12.3. The van der Waals surface area contributed by atoms with Gasteiger partial charge >= 0.3 is 5.97 Å². The summed E-state index contributed by atoms with van der Waals surface area (Å²) in [7, 11) is 1.51. The van der Waals surface area contributed by atoms with E-state index in [0.717, 1.165) is 0 Å². The van der Waals surface area contributed by atoms with E-state index >= 15 is 0 Å². The molecule has 0 atom stereocenters. The third-order valence-electron chi connectivity index (χ3n) is 4.32. The standard InChI is InChI=1S/C21H21N3O6/c1-22-21(28)14-5-4-6-15(11-14)23-18(25)13-30-20(27)12-24-16-7-2-3-8-17(16)29-10-9-19(24)26/h2-8,11H,9-10,12-13H2,1H3,(H,22,28)(H,23,25). The maximum Gasteiger partial charge on any atom is 0.326 e. The lowest BCUT2D eigenvalue weighted by atomic mass is 10.2. The zero-order valence-electron chi connectivity index (χ0n) is 16.3. The van der Waals surface area contributed by atoms with E-state index in [0.29, 0.717) is 22.7 Å². The smallest absolute Gasteiger partial charge is 0.326 e. The van der Waals surface area contributed by atoms with Gasteiger partial charge in [0.1, 0.15) is 12.3 Å². The van der Waals surface area contributed by atoms with E-state index in [1.54, 1.807) is 42.5 Å². The van der Waals surface area contributed by atoms with Crippen molar-refractivity contribution in [1.29, 1.82) is 0 Å². The number of amides is 3. The highest BCUT2D eigenvalue weighted by molar-refractivity contribution is 6.00. The first-order chi connectivity index (χ1) is 14.5. The van der Waals surface area contributed by atoms with E-state index in [9.17, 15) is 19.2 Å². The van der Waals surface area contributed by atoms with Crippen molar-refractivity contribution in [2.45, 2.75) is 6.42 Å². The average molecular weight is 411 g/mol. The van der Waals surface area contributed by atoms with E-state index in [-0.39, 0.29) is 31.4 Å². The van der Waals surface area contributed by atoms with Crippen molar-refractivity contribution in [2.24, 2.45) is 0 Å². The molecule has 0 radical (unpaired) electrons. The third kappa shape index (κ3) is 5.13. The van der Waals surface area contributed by atoms with Gasteiger partial charge in [-0.2, -0.15) is 0 Å². The molecule has 0 bridgehead atoms. The molecule has 2 N–H and O–H groups in total. The molecule has 2 aromatic carbocycles. The Kier molecular flexibility index (Phi) is 6.63. The molecular weight excluding hydrogens is 390 g/mol. The summed E-state index contributed by atoms with van der Waals surface area (Å²) in [5.74, 6) is -1.35. The Balaban J connectivity index is 1.56. The zero-order chi connectivity index (χ0) is 21.5. The second kappa shape index (κ2) is 9.55. The van der Waals surface area contributed by atoms with E-state index in [2.05, 4.69) is 10.6 Å².